The Kier molecular flexibility index (Phi) is 1.60. The second-order valence-electron chi connectivity index (χ2n) is 3.46. The first-order chi connectivity index (χ1) is 4.19. The molecule has 0 amide bonds. The third kappa shape index (κ3) is 1.32. The van der Waals surface area contributed by atoms with Gasteiger partial charge < -0.3 is 4.79 Å². The van der Waals surface area contributed by atoms with Crippen molar-refractivity contribution in [1.29, 1.82) is 0 Å². The molecule has 1 nitrogen and oxygen atoms in total. The van der Waals surface area contributed by atoms with Crippen LogP contribution in [0, 0.1) is 11.3 Å². The number of aldehydes is 1. The molecule has 1 saturated carbocycles. The van der Waals surface area contributed by atoms with Crippen molar-refractivity contribution in [3.8, 4) is 0 Å². The quantitative estimate of drug-likeness (QED) is 0.529. The van der Waals surface area contributed by atoms with Crippen LogP contribution in [0.15, 0.2) is 0 Å². The highest BCUT2D eigenvalue weighted by Crippen LogP contribution is 2.52. The van der Waals surface area contributed by atoms with Crippen molar-refractivity contribution in [3.05, 3.63) is 0 Å². The van der Waals surface area contributed by atoms with Gasteiger partial charge in [-0.2, -0.15) is 0 Å². The van der Waals surface area contributed by atoms with E-state index in [1.807, 2.05) is 0 Å². The van der Waals surface area contributed by atoms with Gasteiger partial charge >= 0.3 is 0 Å². The molecule has 1 atom stereocenters. The van der Waals surface area contributed by atoms with Crippen LogP contribution in [0.1, 0.15) is 33.1 Å². The molecule has 1 aliphatic rings. The molecule has 0 heterocycles. The van der Waals surface area contributed by atoms with Crippen molar-refractivity contribution in [2.24, 2.45) is 11.3 Å². The van der Waals surface area contributed by atoms with Crippen LogP contribution in [-0.4, -0.2) is 6.29 Å². The van der Waals surface area contributed by atoms with Gasteiger partial charge in [-0.3, -0.25) is 0 Å². The SMILES string of the molecule is CC(CC=O)C1(C)CC1. The number of carbonyl (C=O) groups excluding carboxylic acids is 1. The average Bonchev–Trinajstić information content (AvgIpc) is 2.50. The second kappa shape index (κ2) is 2.13. The first kappa shape index (κ1) is 6.79. The Morgan fingerprint density at radius 1 is 1.67 bits per heavy atom. The Balaban J connectivity index is 2.32. The zero-order valence-corrected chi connectivity index (χ0v) is 6.18. The van der Waals surface area contributed by atoms with Crippen LogP contribution in [0.4, 0.5) is 0 Å². The Morgan fingerprint density at radius 3 is 2.56 bits per heavy atom. The Labute approximate surface area is 56.4 Å². The summed E-state index contributed by atoms with van der Waals surface area (Å²) < 4.78 is 0. The summed E-state index contributed by atoms with van der Waals surface area (Å²) in [5, 5.41) is 0. The fraction of sp³-hybridized carbons (Fsp3) is 0.875. The second-order valence-corrected chi connectivity index (χ2v) is 3.46. The molecular weight excluding hydrogens is 112 g/mol. The van der Waals surface area contributed by atoms with Crippen molar-refractivity contribution < 1.29 is 4.79 Å². The molecule has 0 aromatic heterocycles. The van der Waals surface area contributed by atoms with Crippen LogP contribution in [0.5, 0.6) is 0 Å². The molecule has 1 heteroatoms. The van der Waals surface area contributed by atoms with E-state index in [9.17, 15) is 4.79 Å². The molecule has 0 aromatic rings. The van der Waals surface area contributed by atoms with Crippen molar-refractivity contribution >= 4 is 6.29 Å². The monoisotopic (exact) mass is 126 g/mol. The lowest BCUT2D eigenvalue weighted by Gasteiger charge is -2.14. The molecule has 9 heavy (non-hydrogen) atoms. The van der Waals surface area contributed by atoms with Gasteiger partial charge in [0.05, 0.1) is 0 Å². The highest BCUT2D eigenvalue weighted by atomic mass is 16.1. The van der Waals surface area contributed by atoms with E-state index in [-0.39, 0.29) is 0 Å². The molecule has 0 spiro atoms. The minimum atomic E-state index is 0.529. The van der Waals surface area contributed by atoms with E-state index in [0.29, 0.717) is 11.3 Å². The molecule has 0 bridgehead atoms. The fourth-order valence-corrected chi connectivity index (χ4v) is 1.12. The lowest BCUT2D eigenvalue weighted by Crippen LogP contribution is -2.08. The van der Waals surface area contributed by atoms with Gasteiger partial charge in [-0.15, -0.1) is 0 Å². The van der Waals surface area contributed by atoms with Crippen LogP contribution in [0.3, 0.4) is 0 Å². The third-order valence-corrected chi connectivity index (χ3v) is 2.68. The van der Waals surface area contributed by atoms with Crippen LogP contribution < -0.4 is 0 Å². The highest BCUT2D eigenvalue weighted by molar-refractivity contribution is 5.50. The summed E-state index contributed by atoms with van der Waals surface area (Å²) in [6, 6.07) is 0. The van der Waals surface area contributed by atoms with Gasteiger partial charge in [0.15, 0.2) is 0 Å². The van der Waals surface area contributed by atoms with Gasteiger partial charge in [0, 0.05) is 6.42 Å². The van der Waals surface area contributed by atoms with Crippen molar-refractivity contribution in [2.75, 3.05) is 0 Å². The summed E-state index contributed by atoms with van der Waals surface area (Å²) in [4.78, 5) is 10.1. The van der Waals surface area contributed by atoms with Crippen LogP contribution >= 0.6 is 0 Å². The highest BCUT2D eigenvalue weighted by Gasteiger charge is 2.41. The molecule has 0 saturated heterocycles. The molecule has 1 unspecified atom stereocenters. The number of rotatable bonds is 3. The summed E-state index contributed by atoms with van der Waals surface area (Å²) in [5.41, 5.74) is 0.529. The maximum atomic E-state index is 10.1. The predicted molar refractivity (Wildman–Crippen MR) is 37.2 cm³/mol. The lowest BCUT2D eigenvalue weighted by atomic mass is 9.91. The maximum Gasteiger partial charge on any atom is 0.120 e. The Morgan fingerprint density at radius 2 is 2.22 bits per heavy atom. The third-order valence-electron chi connectivity index (χ3n) is 2.68. The van der Waals surface area contributed by atoms with Crippen molar-refractivity contribution in [2.45, 2.75) is 33.1 Å². The molecule has 0 radical (unpaired) electrons. The smallest absolute Gasteiger partial charge is 0.120 e. The van der Waals surface area contributed by atoms with Crippen molar-refractivity contribution in [1.82, 2.24) is 0 Å². The first-order valence-electron chi connectivity index (χ1n) is 3.63. The van der Waals surface area contributed by atoms with Gasteiger partial charge in [-0.05, 0) is 24.2 Å². The van der Waals surface area contributed by atoms with Crippen molar-refractivity contribution in [3.63, 3.8) is 0 Å². The van der Waals surface area contributed by atoms with E-state index in [0.717, 1.165) is 12.7 Å². The van der Waals surface area contributed by atoms with Gasteiger partial charge in [-0.1, -0.05) is 13.8 Å². The average molecular weight is 126 g/mol. The topological polar surface area (TPSA) is 17.1 Å². The minimum Gasteiger partial charge on any atom is -0.303 e. The van der Waals surface area contributed by atoms with E-state index in [4.69, 9.17) is 0 Å². The Bertz CT molecular complexity index is 114. The van der Waals surface area contributed by atoms with Crippen LogP contribution in [0.2, 0.25) is 0 Å². The summed E-state index contributed by atoms with van der Waals surface area (Å²) >= 11 is 0. The number of hydrogen-bond donors (Lipinski definition) is 0. The maximum absolute atomic E-state index is 10.1. The standard InChI is InChI=1S/C8H14O/c1-7(3-6-9)8(2)4-5-8/h6-7H,3-5H2,1-2H3. The number of carbonyl (C=O) groups is 1. The minimum absolute atomic E-state index is 0.529. The number of hydrogen-bond acceptors (Lipinski definition) is 1. The van der Waals surface area contributed by atoms with Gasteiger partial charge in [-0.25, -0.2) is 0 Å². The van der Waals surface area contributed by atoms with Crippen LogP contribution in [0.25, 0.3) is 0 Å². The molecule has 0 N–H and O–H groups in total. The van der Waals surface area contributed by atoms with E-state index < -0.39 is 0 Å². The van der Waals surface area contributed by atoms with E-state index in [1.165, 1.54) is 12.8 Å². The largest absolute Gasteiger partial charge is 0.303 e. The van der Waals surface area contributed by atoms with E-state index in [2.05, 4.69) is 13.8 Å². The zero-order chi connectivity index (χ0) is 6.91. The molecule has 1 fully saturated rings. The van der Waals surface area contributed by atoms with E-state index in [1.54, 1.807) is 0 Å². The van der Waals surface area contributed by atoms with Gasteiger partial charge in [0.25, 0.3) is 0 Å². The predicted octanol–water partition coefficient (Wildman–Crippen LogP) is 2.01. The van der Waals surface area contributed by atoms with Gasteiger partial charge in [0.2, 0.25) is 0 Å². The lowest BCUT2D eigenvalue weighted by molar-refractivity contribution is -0.108. The molecule has 0 aromatic carbocycles. The van der Waals surface area contributed by atoms with E-state index >= 15 is 0 Å². The summed E-state index contributed by atoms with van der Waals surface area (Å²) in [7, 11) is 0. The van der Waals surface area contributed by atoms with Gasteiger partial charge in [0.1, 0.15) is 6.29 Å². The molecule has 1 aliphatic carbocycles. The summed E-state index contributed by atoms with van der Waals surface area (Å²) in [6.45, 7) is 4.43. The molecule has 0 aliphatic heterocycles. The first-order valence-corrected chi connectivity index (χ1v) is 3.63. The molecular formula is C8H14O. The summed E-state index contributed by atoms with van der Waals surface area (Å²) in [5.74, 6) is 0.606. The Hall–Kier alpha value is -0.330. The molecule has 1 rings (SSSR count). The van der Waals surface area contributed by atoms with Crippen LogP contribution in [-0.2, 0) is 4.79 Å². The zero-order valence-electron chi connectivity index (χ0n) is 6.18. The molecule has 52 valence electrons. The fourth-order valence-electron chi connectivity index (χ4n) is 1.12. The summed E-state index contributed by atoms with van der Waals surface area (Å²) in [6.07, 6.45) is 4.43. The normalized spacial score (nSPS) is 25.1.